The molecule has 3 heterocycles. The second-order valence-electron chi connectivity index (χ2n) is 6.58. The lowest BCUT2D eigenvalue weighted by atomic mass is 10.1. The predicted molar refractivity (Wildman–Crippen MR) is 97.5 cm³/mol. The molecule has 8 nitrogen and oxygen atoms in total. The van der Waals surface area contributed by atoms with Gasteiger partial charge in [0, 0.05) is 30.2 Å². The van der Waals surface area contributed by atoms with Gasteiger partial charge >= 0.3 is 0 Å². The van der Waals surface area contributed by atoms with Crippen LogP contribution >= 0.6 is 0 Å². The van der Waals surface area contributed by atoms with Gasteiger partial charge in [-0.15, -0.1) is 0 Å². The monoisotopic (exact) mass is 374 g/mol. The van der Waals surface area contributed by atoms with Crippen molar-refractivity contribution >= 4 is 44.0 Å². The molecule has 2 aliphatic rings. The van der Waals surface area contributed by atoms with E-state index in [-0.39, 0.29) is 41.9 Å². The van der Waals surface area contributed by atoms with Gasteiger partial charge in [0.05, 0.1) is 17.5 Å². The third kappa shape index (κ3) is 3.22. The van der Waals surface area contributed by atoms with Crippen molar-refractivity contribution in [2.45, 2.75) is 25.3 Å². The number of H-pyrrole nitrogens is 1. The van der Waals surface area contributed by atoms with Gasteiger partial charge in [0.15, 0.2) is 9.84 Å². The first kappa shape index (κ1) is 16.8. The van der Waals surface area contributed by atoms with Crippen LogP contribution in [0.2, 0.25) is 0 Å². The number of rotatable bonds is 3. The molecule has 0 aliphatic carbocycles. The zero-order valence-electron chi connectivity index (χ0n) is 13.9. The van der Waals surface area contributed by atoms with Gasteiger partial charge in [-0.05, 0) is 30.0 Å². The van der Waals surface area contributed by atoms with Gasteiger partial charge in [-0.2, -0.15) is 5.10 Å². The van der Waals surface area contributed by atoms with Crippen LogP contribution in [-0.4, -0.2) is 53.5 Å². The number of fused-ring (bicyclic) bond motifs is 1. The van der Waals surface area contributed by atoms with Crippen LogP contribution in [0.5, 0.6) is 0 Å². The molecule has 1 fully saturated rings. The molecule has 2 amide bonds. The Morgan fingerprint density at radius 1 is 1.27 bits per heavy atom. The van der Waals surface area contributed by atoms with Crippen molar-refractivity contribution in [3.8, 4) is 0 Å². The van der Waals surface area contributed by atoms with E-state index < -0.39 is 15.9 Å². The number of amides is 2. The number of carbonyl (C=O) groups is 2. The van der Waals surface area contributed by atoms with E-state index in [4.69, 9.17) is 0 Å². The minimum Gasteiger partial charge on any atom is -0.361 e. The largest absolute Gasteiger partial charge is 0.361 e. The molecule has 0 saturated carbocycles. The van der Waals surface area contributed by atoms with Crippen LogP contribution in [0.4, 0.5) is 5.69 Å². The Hall–Kier alpha value is -2.68. The summed E-state index contributed by atoms with van der Waals surface area (Å²) in [7, 11) is -3.14. The average Bonchev–Trinajstić information content (AvgIpc) is 3.20. The summed E-state index contributed by atoms with van der Waals surface area (Å²) in [5.41, 5.74) is 1.77. The number of hydrogen-bond acceptors (Lipinski definition) is 5. The van der Waals surface area contributed by atoms with E-state index in [0.717, 1.165) is 10.9 Å². The Morgan fingerprint density at radius 3 is 2.88 bits per heavy atom. The summed E-state index contributed by atoms with van der Waals surface area (Å²) in [4.78, 5) is 27.7. The molecular formula is C17H18N4O4S. The van der Waals surface area contributed by atoms with Crippen LogP contribution in [0, 0.1) is 0 Å². The summed E-state index contributed by atoms with van der Waals surface area (Å²) in [6.07, 6.45) is 2.57. The van der Waals surface area contributed by atoms with Gasteiger partial charge in [-0.25, -0.2) is 13.4 Å². The molecule has 2 N–H and O–H groups in total. The van der Waals surface area contributed by atoms with Gasteiger partial charge in [0.2, 0.25) is 5.91 Å². The second-order valence-corrected chi connectivity index (χ2v) is 8.80. The molecule has 1 aromatic heterocycles. The number of hydrazone groups is 1. The molecule has 1 aromatic carbocycles. The third-order valence-corrected chi connectivity index (χ3v) is 6.44. The van der Waals surface area contributed by atoms with Gasteiger partial charge < -0.3 is 10.3 Å². The van der Waals surface area contributed by atoms with E-state index in [1.165, 1.54) is 5.01 Å². The molecule has 4 rings (SSSR count). The normalized spacial score (nSPS) is 22.5. The number of anilines is 1. The summed E-state index contributed by atoms with van der Waals surface area (Å²) in [6.45, 7) is 0. The fourth-order valence-corrected chi connectivity index (χ4v) is 5.01. The summed E-state index contributed by atoms with van der Waals surface area (Å²) < 4.78 is 23.3. The van der Waals surface area contributed by atoms with E-state index in [9.17, 15) is 18.0 Å². The van der Waals surface area contributed by atoms with Crippen molar-refractivity contribution in [2.75, 3.05) is 16.8 Å². The van der Waals surface area contributed by atoms with E-state index in [1.807, 2.05) is 24.4 Å². The highest BCUT2D eigenvalue weighted by Crippen LogP contribution is 2.23. The highest BCUT2D eigenvalue weighted by Gasteiger charge is 2.37. The van der Waals surface area contributed by atoms with Crippen LogP contribution in [0.3, 0.4) is 0 Å². The fourth-order valence-electron chi connectivity index (χ4n) is 3.32. The average molecular weight is 374 g/mol. The number of nitrogens with one attached hydrogen (secondary N) is 2. The first-order chi connectivity index (χ1) is 12.4. The van der Waals surface area contributed by atoms with Crippen LogP contribution in [0.15, 0.2) is 35.6 Å². The SMILES string of the molecule is O=C(Nc1ccc2cc[nH]c2c1)C1=NN(C2CCS(=O)(=O)C2)C(=O)CC1. The summed E-state index contributed by atoms with van der Waals surface area (Å²) in [6, 6.07) is 6.97. The number of aromatic amines is 1. The van der Waals surface area contributed by atoms with Crippen molar-refractivity contribution < 1.29 is 18.0 Å². The maximum Gasteiger partial charge on any atom is 0.271 e. The molecule has 136 valence electrons. The molecule has 2 aromatic rings. The molecule has 2 aliphatic heterocycles. The minimum atomic E-state index is -3.14. The number of aromatic nitrogens is 1. The summed E-state index contributed by atoms with van der Waals surface area (Å²) in [5, 5.41) is 9.20. The van der Waals surface area contributed by atoms with E-state index in [1.54, 1.807) is 6.07 Å². The Labute approximate surface area is 150 Å². The smallest absolute Gasteiger partial charge is 0.271 e. The fraction of sp³-hybridized carbons (Fsp3) is 0.353. The Bertz CT molecular complexity index is 1020. The molecule has 1 saturated heterocycles. The van der Waals surface area contributed by atoms with Gasteiger partial charge in [-0.3, -0.25) is 9.59 Å². The first-order valence-corrected chi connectivity index (χ1v) is 10.2. The van der Waals surface area contributed by atoms with E-state index >= 15 is 0 Å². The predicted octanol–water partition coefficient (Wildman–Crippen LogP) is 1.27. The third-order valence-electron chi connectivity index (χ3n) is 4.69. The Kier molecular flexibility index (Phi) is 4.03. The van der Waals surface area contributed by atoms with Crippen molar-refractivity contribution in [1.82, 2.24) is 9.99 Å². The maximum atomic E-state index is 12.5. The van der Waals surface area contributed by atoms with Crippen molar-refractivity contribution in [3.63, 3.8) is 0 Å². The number of carbonyl (C=O) groups excluding carboxylic acids is 2. The first-order valence-electron chi connectivity index (χ1n) is 8.40. The van der Waals surface area contributed by atoms with Crippen LogP contribution < -0.4 is 5.32 Å². The number of hydrogen-bond donors (Lipinski definition) is 2. The van der Waals surface area contributed by atoms with E-state index in [2.05, 4.69) is 15.4 Å². The molecule has 0 radical (unpaired) electrons. The van der Waals surface area contributed by atoms with Crippen molar-refractivity contribution in [1.29, 1.82) is 0 Å². The Balaban J connectivity index is 1.52. The van der Waals surface area contributed by atoms with Crippen molar-refractivity contribution in [3.05, 3.63) is 30.5 Å². The van der Waals surface area contributed by atoms with Gasteiger partial charge in [0.25, 0.3) is 5.91 Å². The standard InChI is InChI=1S/C17H18N4O4S/c22-16-4-3-14(20-21(16)13-6-8-26(24,25)10-13)17(23)19-12-2-1-11-5-7-18-15(11)9-12/h1-2,5,7,9,13,18H,3-4,6,8,10H2,(H,19,23). The minimum absolute atomic E-state index is 0.0503. The highest BCUT2D eigenvalue weighted by atomic mass is 32.2. The van der Waals surface area contributed by atoms with E-state index in [0.29, 0.717) is 12.1 Å². The van der Waals surface area contributed by atoms with Crippen LogP contribution in [-0.2, 0) is 19.4 Å². The molecule has 26 heavy (non-hydrogen) atoms. The molecule has 9 heteroatoms. The topological polar surface area (TPSA) is 112 Å². The lowest BCUT2D eigenvalue weighted by Gasteiger charge is -2.27. The number of benzene rings is 1. The van der Waals surface area contributed by atoms with Gasteiger partial charge in [-0.1, -0.05) is 6.07 Å². The molecule has 0 spiro atoms. The number of nitrogens with zero attached hydrogens (tertiary/aromatic N) is 2. The van der Waals surface area contributed by atoms with Crippen LogP contribution in [0.1, 0.15) is 19.3 Å². The molecular weight excluding hydrogens is 356 g/mol. The quantitative estimate of drug-likeness (QED) is 0.842. The second kappa shape index (κ2) is 6.24. The zero-order chi connectivity index (χ0) is 18.3. The number of sulfone groups is 1. The Morgan fingerprint density at radius 2 is 2.12 bits per heavy atom. The lowest BCUT2D eigenvalue weighted by molar-refractivity contribution is -0.133. The zero-order valence-corrected chi connectivity index (χ0v) is 14.8. The van der Waals surface area contributed by atoms with Gasteiger partial charge in [0.1, 0.15) is 5.71 Å². The summed E-state index contributed by atoms with van der Waals surface area (Å²) >= 11 is 0. The molecule has 1 atom stereocenters. The molecule has 0 bridgehead atoms. The lowest BCUT2D eigenvalue weighted by Crippen LogP contribution is -2.42. The molecule has 1 unspecified atom stereocenters. The maximum absolute atomic E-state index is 12.5. The van der Waals surface area contributed by atoms with Crippen LogP contribution in [0.25, 0.3) is 10.9 Å². The summed E-state index contributed by atoms with van der Waals surface area (Å²) in [5.74, 6) is -0.666. The highest BCUT2D eigenvalue weighted by molar-refractivity contribution is 7.91. The van der Waals surface area contributed by atoms with Crippen molar-refractivity contribution in [2.24, 2.45) is 5.10 Å².